The first-order chi connectivity index (χ1) is 10.5. The largest absolute Gasteiger partial charge is 0.494 e. The molecule has 0 amide bonds. The molecular formula is C15H18N4O3. The van der Waals surface area contributed by atoms with E-state index in [2.05, 4.69) is 10.5 Å². The molecule has 0 fully saturated rings. The Bertz CT molecular complexity index is 788. The van der Waals surface area contributed by atoms with E-state index in [1.807, 2.05) is 31.2 Å². The number of rotatable bonds is 5. The van der Waals surface area contributed by atoms with Crippen molar-refractivity contribution in [3.8, 4) is 5.75 Å². The summed E-state index contributed by atoms with van der Waals surface area (Å²) in [5, 5.41) is 4.04. The van der Waals surface area contributed by atoms with Gasteiger partial charge in [-0.1, -0.05) is 0 Å². The number of hydrogen-bond acceptors (Lipinski definition) is 5. The summed E-state index contributed by atoms with van der Waals surface area (Å²) in [6, 6.07) is 8.73. The lowest BCUT2D eigenvalue weighted by atomic mass is 10.2. The Morgan fingerprint density at radius 3 is 2.50 bits per heavy atom. The van der Waals surface area contributed by atoms with Crippen LogP contribution in [-0.4, -0.2) is 22.0 Å². The molecule has 1 aromatic carbocycles. The molecule has 116 valence electrons. The van der Waals surface area contributed by atoms with Gasteiger partial charge >= 0.3 is 5.69 Å². The van der Waals surface area contributed by atoms with Gasteiger partial charge in [-0.15, -0.1) is 0 Å². The van der Waals surface area contributed by atoms with E-state index in [0.717, 1.165) is 15.9 Å². The highest BCUT2D eigenvalue weighted by molar-refractivity contribution is 5.80. The maximum atomic E-state index is 11.8. The van der Waals surface area contributed by atoms with Crippen LogP contribution in [0.15, 0.2) is 45.0 Å². The van der Waals surface area contributed by atoms with Crippen molar-refractivity contribution in [1.29, 1.82) is 0 Å². The molecule has 1 aromatic heterocycles. The number of nitrogens with zero attached hydrogens (tertiary/aromatic N) is 3. The second kappa shape index (κ2) is 6.75. The smallest absolute Gasteiger partial charge is 0.332 e. The van der Waals surface area contributed by atoms with Crippen molar-refractivity contribution in [2.45, 2.75) is 6.92 Å². The second-order valence-electron chi connectivity index (χ2n) is 4.64. The Morgan fingerprint density at radius 1 is 1.18 bits per heavy atom. The van der Waals surface area contributed by atoms with E-state index in [1.54, 1.807) is 13.3 Å². The lowest BCUT2D eigenvalue weighted by molar-refractivity contribution is 0.340. The molecule has 0 saturated heterocycles. The molecule has 0 aliphatic heterocycles. The fourth-order valence-corrected chi connectivity index (χ4v) is 1.83. The lowest BCUT2D eigenvalue weighted by Gasteiger charge is -2.07. The molecule has 0 saturated carbocycles. The van der Waals surface area contributed by atoms with E-state index in [4.69, 9.17) is 4.74 Å². The summed E-state index contributed by atoms with van der Waals surface area (Å²) >= 11 is 0. The minimum Gasteiger partial charge on any atom is -0.494 e. The lowest BCUT2D eigenvalue weighted by Crippen LogP contribution is -2.37. The highest BCUT2D eigenvalue weighted by atomic mass is 16.5. The number of hydrazone groups is 1. The molecule has 0 aliphatic rings. The third kappa shape index (κ3) is 3.43. The van der Waals surface area contributed by atoms with Crippen molar-refractivity contribution in [3.05, 3.63) is 56.7 Å². The number of aromatic nitrogens is 2. The Balaban J connectivity index is 2.13. The summed E-state index contributed by atoms with van der Waals surface area (Å²) in [5.41, 5.74) is 2.77. The standard InChI is InChI=1S/C15H18N4O3/c1-4-22-12-7-5-11(6-8-12)10-16-17-13-9-14(20)19(3)15(21)18(13)2/h5-10,17H,4H2,1-3H3/b16-10+. The van der Waals surface area contributed by atoms with Gasteiger partial charge in [0.1, 0.15) is 11.6 Å². The first-order valence-corrected chi connectivity index (χ1v) is 6.82. The third-order valence-electron chi connectivity index (χ3n) is 3.11. The zero-order valence-electron chi connectivity index (χ0n) is 12.7. The van der Waals surface area contributed by atoms with E-state index < -0.39 is 5.69 Å². The Hall–Kier alpha value is -2.83. The number of anilines is 1. The summed E-state index contributed by atoms with van der Waals surface area (Å²) in [5.74, 6) is 1.12. The quantitative estimate of drug-likeness (QED) is 0.658. The van der Waals surface area contributed by atoms with Crippen molar-refractivity contribution in [1.82, 2.24) is 9.13 Å². The van der Waals surface area contributed by atoms with Gasteiger partial charge in [-0.05, 0) is 36.8 Å². The van der Waals surface area contributed by atoms with Crippen LogP contribution in [0.3, 0.4) is 0 Å². The summed E-state index contributed by atoms with van der Waals surface area (Å²) in [7, 11) is 2.99. The molecule has 0 spiro atoms. The minimum absolute atomic E-state index is 0.329. The molecule has 7 heteroatoms. The predicted octanol–water partition coefficient (Wildman–Crippen LogP) is 0.929. The number of benzene rings is 1. The molecule has 2 aromatic rings. The molecule has 0 radical (unpaired) electrons. The number of nitrogens with one attached hydrogen (secondary N) is 1. The molecule has 0 unspecified atom stereocenters. The van der Waals surface area contributed by atoms with Crippen LogP contribution in [0.2, 0.25) is 0 Å². The molecule has 0 aliphatic carbocycles. The van der Waals surface area contributed by atoms with Gasteiger partial charge in [0.25, 0.3) is 5.56 Å². The minimum atomic E-state index is -0.411. The summed E-state index contributed by atoms with van der Waals surface area (Å²) in [6.07, 6.45) is 1.59. The zero-order chi connectivity index (χ0) is 16.1. The highest BCUT2D eigenvalue weighted by Crippen LogP contribution is 2.10. The van der Waals surface area contributed by atoms with Gasteiger partial charge in [0.2, 0.25) is 0 Å². The molecule has 2 rings (SSSR count). The van der Waals surface area contributed by atoms with Crippen molar-refractivity contribution in [2.75, 3.05) is 12.0 Å². The van der Waals surface area contributed by atoms with Crippen LogP contribution in [0.25, 0.3) is 0 Å². The number of ether oxygens (including phenoxy) is 1. The van der Waals surface area contributed by atoms with Crippen LogP contribution >= 0.6 is 0 Å². The van der Waals surface area contributed by atoms with Crippen molar-refractivity contribution in [2.24, 2.45) is 19.2 Å². The summed E-state index contributed by atoms with van der Waals surface area (Å²) < 4.78 is 7.70. The van der Waals surface area contributed by atoms with Gasteiger partial charge in [-0.25, -0.2) is 4.79 Å². The summed E-state index contributed by atoms with van der Waals surface area (Å²) in [4.78, 5) is 23.4. The Kier molecular flexibility index (Phi) is 4.77. The van der Waals surface area contributed by atoms with Gasteiger partial charge < -0.3 is 4.74 Å². The molecule has 7 nitrogen and oxygen atoms in total. The average molecular weight is 302 g/mol. The third-order valence-corrected chi connectivity index (χ3v) is 3.11. The van der Waals surface area contributed by atoms with E-state index in [9.17, 15) is 9.59 Å². The Labute approximate surface area is 127 Å². The first-order valence-electron chi connectivity index (χ1n) is 6.82. The molecule has 1 N–H and O–H groups in total. The highest BCUT2D eigenvalue weighted by Gasteiger charge is 2.04. The fourth-order valence-electron chi connectivity index (χ4n) is 1.83. The van der Waals surface area contributed by atoms with Crippen LogP contribution in [0, 0.1) is 0 Å². The average Bonchev–Trinajstić information content (AvgIpc) is 2.52. The summed E-state index contributed by atoms with van der Waals surface area (Å²) in [6.45, 7) is 2.54. The van der Waals surface area contributed by atoms with E-state index in [0.29, 0.717) is 12.4 Å². The van der Waals surface area contributed by atoms with Crippen LogP contribution < -0.4 is 21.4 Å². The van der Waals surface area contributed by atoms with Gasteiger partial charge in [0.05, 0.1) is 12.8 Å². The SMILES string of the molecule is CCOc1ccc(/C=N/Nc2cc(=O)n(C)c(=O)n2C)cc1. The fraction of sp³-hybridized carbons (Fsp3) is 0.267. The van der Waals surface area contributed by atoms with Crippen LogP contribution in [0.4, 0.5) is 5.82 Å². The first kappa shape index (κ1) is 15.6. The number of hydrogen-bond donors (Lipinski definition) is 1. The van der Waals surface area contributed by atoms with Crippen LogP contribution in [0.1, 0.15) is 12.5 Å². The Morgan fingerprint density at radius 2 is 1.86 bits per heavy atom. The molecular weight excluding hydrogens is 284 g/mol. The zero-order valence-corrected chi connectivity index (χ0v) is 12.7. The van der Waals surface area contributed by atoms with Crippen LogP contribution in [0.5, 0.6) is 5.75 Å². The second-order valence-corrected chi connectivity index (χ2v) is 4.64. The van der Waals surface area contributed by atoms with E-state index in [1.165, 1.54) is 17.7 Å². The van der Waals surface area contributed by atoms with Gasteiger partial charge in [0, 0.05) is 20.2 Å². The maximum Gasteiger partial charge on any atom is 0.332 e. The van der Waals surface area contributed by atoms with Gasteiger partial charge in [0.15, 0.2) is 0 Å². The normalized spacial score (nSPS) is 10.9. The van der Waals surface area contributed by atoms with Crippen molar-refractivity contribution < 1.29 is 4.74 Å². The monoisotopic (exact) mass is 302 g/mol. The van der Waals surface area contributed by atoms with Crippen molar-refractivity contribution >= 4 is 12.0 Å². The molecule has 22 heavy (non-hydrogen) atoms. The van der Waals surface area contributed by atoms with Gasteiger partial charge in [-0.2, -0.15) is 5.10 Å². The van der Waals surface area contributed by atoms with Crippen molar-refractivity contribution in [3.63, 3.8) is 0 Å². The predicted molar refractivity (Wildman–Crippen MR) is 85.8 cm³/mol. The molecule has 0 atom stereocenters. The maximum absolute atomic E-state index is 11.8. The van der Waals surface area contributed by atoms with Gasteiger partial charge in [-0.3, -0.25) is 19.4 Å². The topological polar surface area (TPSA) is 77.6 Å². The molecule has 0 bridgehead atoms. The van der Waals surface area contributed by atoms with E-state index >= 15 is 0 Å². The van der Waals surface area contributed by atoms with Crippen LogP contribution in [-0.2, 0) is 14.1 Å². The molecule has 1 heterocycles. The van der Waals surface area contributed by atoms with E-state index in [-0.39, 0.29) is 5.56 Å².